The van der Waals surface area contributed by atoms with Crippen LogP contribution in [0.3, 0.4) is 0 Å². The Balaban J connectivity index is 1.76. The quantitative estimate of drug-likeness (QED) is 0.537. The van der Waals surface area contributed by atoms with E-state index in [9.17, 15) is 0 Å². The van der Waals surface area contributed by atoms with Gasteiger partial charge in [-0.2, -0.15) is 5.10 Å². The van der Waals surface area contributed by atoms with E-state index in [4.69, 9.17) is 4.42 Å². The van der Waals surface area contributed by atoms with E-state index in [1.54, 1.807) is 12.5 Å². The monoisotopic (exact) mass is 315 g/mol. The van der Waals surface area contributed by atoms with Crippen LogP contribution in [0.5, 0.6) is 0 Å². The molecule has 4 aromatic heterocycles. The van der Waals surface area contributed by atoms with Crippen molar-refractivity contribution in [3.05, 3.63) is 60.8 Å². The summed E-state index contributed by atoms with van der Waals surface area (Å²) in [6.07, 6.45) is 7.26. The molecule has 0 amide bonds. The Bertz CT molecular complexity index is 1170. The molecular formula is C18H13N5O. The molecule has 0 aliphatic heterocycles. The summed E-state index contributed by atoms with van der Waals surface area (Å²) in [4.78, 5) is 0. The summed E-state index contributed by atoms with van der Waals surface area (Å²) < 4.78 is 7.19. The Hall–Kier alpha value is -3.41. The first-order chi connectivity index (χ1) is 11.8. The summed E-state index contributed by atoms with van der Waals surface area (Å²) in [5, 5.41) is 16.9. The van der Waals surface area contributed by atoms with Gasteiger partial charge in [-0.15, -0.1) is 10.2 Å². The number of pyridine rings is 1. The Morgan fingerprint density at radius 1 is 1.08 bits per heavy atom. The zero-order valence-electron chi connectivity index (χ0n) is 12.9. The van der Waals surface area contributed by atoms with Crippen LogP contribution in [-0.4, -0.2) is 24.8 Å². The number of furan rings is 1. The second-order valence-electron chi connectivity index (χ2n) is 5.81. The second-order valence-corrected chi connectivity index (χ2v) is 5.81. The fourth-order valence-corrected chi connectivity index (χ4v) is 3.02. The largest absolute Gasteiger partial charge is 0.472 e. The number of fused-ring (bicyclic) bond motifs is 2. The number of benzene rings is 1. The molecule has 0 atom stereocenters. The molecule has 5 rings (SSSR count). The minimum atomic E-state index is 0.807. The van der Waals surface area contributed by atoms with Crippen LogP contribution in [-0.2, 0) is 0 Å². The first kappa shape index (κ1) is 13.1. The van der Waals surface area contributed by atoms with Crippen LogP contribution in [0, 0.1) is 6.92 Å². The molecule has 0 aliphatic carbocycles. The van der Waals surface area contributed by atoms with Gasteiger partial charge < -0.3 is 4.42 Å². The van der Waals surface area contributed by atoms with E-state index in [2.05, 4.69) is 39.5 Å². The third-order valence-corrected chi connectivity index (χ3v) is 4.28. The summed E-state index contributed by atoms with van der Waals surface area (Å²) in [7, 11) is 0. The van der Waals surface area contributed by atoms with Crippen molar-refractivity contribution in [1.82, 2.24) is 24.8 Å². The first-order valence-electron chi connectivity index (χ1n) is 7.61. The molecule has 4 heterocycles. The highest BCUT2D eigenvalue weighted by Crippen LogP contribution is 2.28. The molecule has 0 saturated heterocycles. The Labute approximate surface area is 136 Å². The van der Waals surface area contributed by atoms with Crippen LogP contribution in [0.2, 0.25) is 0 Å². The van der Waals surface area contributed by atoms with Gasteiger partial charge in [-0.05, 0) is 42.8 Å². The van der Waals surface area contributed by atoms with Gasteiger partial charge in [0.05, 0.1) is 24.2 Å². The third kappa shape index (κ3) is 1.86. The van der Waals surface area contributed by atoms with Crippen LogP contribution < -0.4 is 0 Å². The fraction of sp³-hybridized carbons (Fsp3) is 0.0556. The zero-order chi connectivity index (χ0) is 16.1. The predicted molar refractivity (Wildman–Crippen MR) is 90.5 cm³/mol. The van der Waals surface area contributed by atoms with E-state index in [0.29, 0.717) is 0 Å². The molecule has 0 fully saturated rings. The molecule has 0 bridgehead atoms. The molecule has 24 heavy (non-hydrogen) atoms. The third-order valence-electron chi connectivity index (χ3n) is 4.28. The van der Waals surface area contributed by atoms with Gasteiger partial charge in [0.1, 0.15) is 0 Å². The second kappa shape index (κ2) is 4.79. The summed E-state index contributed by atoms with van der Waals surface area (Å²) in [5.41, 5.74) is 6.03. The van der Waals surface area contributed by atoms with Crippen molar-refractivity contribution < 1.29 is 4.42 Å². The maximum absolute atomic E-state index is 5.18. The van der Waals surface area contributed by atoms with E-state index in [0.717, 1.165) is 44.6 Å². The molecule has 0 unspecified atom stereocenters. The lowest BCUT2D eigenvalue weighted by Gasteiger charge is -2.06. The molecule has 1 N–H and O–H groups in total. The van der Waals surface area contributed by atoms with E-state index < -0.39 is 0 Å². The van der Waals surface area contributed by atoms with Gasteiger partial charge in [-0.3, -0.25) is 9.50 Å². The van der Waals surface area contributed by atoms with Crippen molar-refractivity contribution in [3.63, 3.8) is 0 Å². The Kier molecular flexibility index (Phi) is 2.61. The van der Waals surface area contributed by atoms with Gasteiger partial charge in [0.2, 0.25) is 0 Å². The van der Waals surface area contributed by atoms with Crippen LogP contribution >= 0.6 is 0 Å². The van der Waals surface area contributed by atoms with Gasteiger partial charge in [0.15, 0.2) is 11.5 Å². The molecule has 6 heteroatoms. The lowest BCUT2D eigenvalue weighted by Crippen LogP contribution is -1.93. The molecule has 6 nitrogen and oxygen atoms in total. The normalized spacial score (nSPS) is 11.5. The average molecular weight is 315 g/mol. The van der Waals surface area contributed by atoms with Crippen LogP contribution in [0.15, 0.2) is 59.7 Å². The van der Waals surface area contributed by atoms with E-state index in [-0.39, 0.29) is 0 Å². The van der Waals surface area contributed by atoms with Gasteiger partial charge in [0, 0.05) is 28.3 Å². The van der Waals surface area contributed by atoms with Crippen molar-refractivity contribution in [3.8, 4) is 22.5 Å². The van der Waals surface area contributed by atoms with E-state index in [1.165, 1.54) is 0 Å². The molecular weight excluding hydrogens is 302 g/mol. The summed E-state index contributed by atoms with van der Waals surface area (Å²) >= 11 is 0. The number of hydrogen-bond acceptors (Lipinski definition) is 4. The zero-order valence-corrected chi connectivity index (χ0v) is 12.9. The smallest absolute Gasteiger partial charge is 0.168 e. The Morgan fingerprint density at radius 2 is 2.04 bits per heavy atom. The molecule has 0 radical (unpaired) electrons. The predicted octanol–water partition coefficient (Wildman–Crippen LogP) is 3.84. The molecule has 0 aliphatic rings. The number of aromatic amines is 1. The highest BCUT2D eigenvalue weighted by atomic mass is 16.3. The Morgan fingerprint density at radius 3 is 2.92 bits per heavy atom. The van der Waals surface area contributed by atoms with Crippen LogP contribution in [0.25, 0.3) is 39.1 Å². The lowest BCUT2D eigenvalue weighted by molar-refractivity contribution is 0.568. The molecule has 0 spiro atoms. The van der Waals surface area contributed by atoms with Crippen molar-refractivity contribution in [1.29, 1.82) is 0 Å². The standard InChI is InChI=1S/C18H13N5O/c1-11-6-14-8-19-20-16(14)7-15(11)18-22-21-17-3-2-12(9-23(17)18)13-4-5-24-10-13/h2-10H,1H3,(H,19,20). The minimum absolute atomic E-state index is 0.807. The number of aryl methyl sites for hydroxylation is 1. The molecule has 5 aromatic rings. The maximum atomic E-state index is 5.18. The van der Waals surface area contributed by atoms with Gasteiger partial charge in [-0.25, -0.2) is 0 Å². The highest BCUT2D eigenvalue weighted by Gasteiger charge is 2.13. The summed E-state index contributed by atoms with van der Waals surface area (Å²) in [6.45, 7) is 2.07. The molecule has 0 saturated carbocycles. The number of aromatic nitrogens is 5. The van der Waals surface area contributed by atoms with Gasteiger partial charge in [-0.1, -0.05) is 0 Å². The molecule has 116 valence electrons. The number of hydrogen-bond donors (Lipinski definition) is 1. The molecule has 1 aromatic carbocycles. The first-order valence-corrected chi connectivity index (χ1v) is 7.61. The average Bonchev–Trinajstić information content (AvgIpc) is 3.33. The van der Waals surface area contributed by atoms with Crippen LogP contribution in [0.1, 0.15) is 5.56 Å². The number of rotatable bonds is 2. The summed E-state index contributed by atoms with van der Waals surface area (Å²) in [5.74, 6) is 0.810. The fourth-order valence-electron chi connectivity index (χ4n) is 3.02. The van der Waals surface area contributed by atoms with Crippen molar-refractivity contribution in [2.75, 3.05) is 0 Å². The van der Waals surface area contributed by atoms with Crippen molar-refractivity contribution in [2.45, 2.75) is 6.92 Å². The lowest BCUT2D eigenvalue weighted by atomic mass is 10.1. The van der Waals surface area contributed by atoms with Crippen LogP contribution in [0.4, 0.5) is 0 Å². The number of H-pyrrole nitrogens is 1. The maximum Gasteiger partial charge on any atom is 0.168 e. The number of nitrogens with one attached hydrogen (secondary N) is 1. The highest BCUT2D eigenvalue weighted by molar-refractivity contribution is 5.85. The topological polar surface area (TPSA) is 72.0 Å². The van der Waals surface area contributed by atoms with Gasteiger partial charge >= 0.3 is 0 Å². The number of nitrogens with zero attached hydrogens (tertiary/aromatic N) is 4. The minimum Gasteiger partial charge on any atom is -0.472 e. The summed E-state index contributed by atoms with van der Waals surface area (Å²) in [6, 6.07) is 10.1. The van der Waals surface area contributed by atoms with E-state index >= 15 is 0 Å². The van der Waals surface area contributed by atoms with Crippen molar-refractivity contribution >= 4 is 16.6 Å². The van der Waals surface area contributed by atoms with Gasteiger partial charge in [0.25, 0.3) is 0 Å². The SMILES string of the molecule is Cc1cc2cn[nH]c2cc1-c1nnc2ccc(-c3ccoc3)cn12. The van der Waals surface area contributed by atoms with E-state index in [1.807, 2.05) is 35.0 Å². The van der Waals surface area contributed by atoms with Crippen molar-refractivity contribution in [2.24, 2.45) is 0 Å².